The van der Waals surface area contributed by atoms with Crippen molar-refractivity contribution >= 4 is 44.5 Å². The van der Waals surface area contributed by atoms with E-state index < -0.39 is 0 Å². The lowest BCUT2D eigenvalue weighted by Gasteiger charge is -2.07. The number of hydrogen-bond acceptors (Lipinski definition) is 5. The summed E-state index contributed by atoms with van der Waals surface area (Å²) in [6.07, 6.45) is 0. The van der Waals surface area contributed by atoms with Gasteiger partial charge in [-0.3, -0.25) is 4.79 Å². The quantitative estimate of drug-likeness (QED) is 0.388. The third-order valence-corrected chi connectivity index (χ3v) is 4.92. The first kappa shape index (κ1) is 17.8. The minimum absolute atomic E-state index is 0.154. The Labute approximate surface area is 165 Å². The van der Waals surface area contributed by atoms with Crippen molar-refractivity contribution < 1.29 is 9.63 Å². The number of nitrogens with one attached hydrogen (secondary N) is 3. The molecule has 0 radical (unpaired) electrons. The van der Waals surface area contributed by atoms with Gasteiger partial charge in [-0.2, -0.15) is 0 Å². The highest BCUT2D eigenvalue weighted by Gasteiger charge is 2.34. The summed E-state index contributed by atoms with van der Waals surface area (Å²) in [5.74, 6) is -0.154. The van der Waals surface area contributed by atoms with Crippen molar-refractivity contribution in [2.75, 3.05) is 30.3 Å². The van der Waals surface area contributed by atoms with Gasteiger partial charge in [-0.1, -0.05) is 46.2 Å². The number of oxime groups is 1. The Kier molecular flexibility index (Phi) is 4.96. The number of rotatable bonds is 5. The minimum Gasteiger partial charge on any atom is -0.394 e. The maximum absolute atomic E-state index is 12.7. The van der Waals surface area contributed by atoms with E-state index in [2.05, 4.69) is 37.0 Å². The van der Waals surface area contributed by atoms with Crippen molar-refractivity contribution in [3.8, 4) is 0 Å². The van der Waals surface area contributed by atoms with E-state index in [1.807, 2.05) is 49.4 Å². The Bertz CT molecular complexity index is 968. The summed E-state index contributed by atoms with van der Waals surface area (Å²) in [5.41, 5.74) is 5.32. The lowest BCUT2D eigenvalue weighted by atomic mass is 10.0. The molecule has 6 nitrogen and oxygen atoms in total. The molecular formula is C20H19BrN4O2. The Morgan fingerprint density at radius 1 is 1.11 bits per heavy atom. The molecule has 2 heterocycles. The Morgan fingerprint density at radius 2 is 1.93 bits per heavy atom. The van der Waals surface area contributed by atoms with E-state index in [1.165, 1.54) is 0 Å². The molecule has 2 aromatic carbocycles. The van der Waals surface area contributed by atoms with Gasteiger partial charge >= 0.3 is 0 Å². The van der Waals surface area contributed by atoms with E-state index in [1.54, 1.807) is 0 Å². The monoisotopic (exact) mass is 426 g/mol. The zero-order valence-corrected chi connectivity index (χ0v) is 16.4. The number of halogens is 1. The zero-order chi connectivity index (χ0) is 18.8. The third kappa shape index (κ3) is 3.36. The van der Waals surface area contributed by atoms with Gasteiger partial charge in [-0.05, 0) is 30.8 Å². The van der Waals surface area contributed by atoms with E-state index in [-0.39, 0.29) is 5.91 Å². The number of fused-ring (bicyclic) bond motifs is 2. The van der Waals surface area contributed by atoms with Crippen molar-refractivity contribution in [3.05, 3.63) is 63.8 Å². The number of carbonyl (C=O) groups is 1. The SMILES string of the molecule is CCNCCO/N=C1/C(=C2/C(=O)Nc3ccc(Br)cc32)Nc2ccccc21. The number of hydrogen-bond donors (Lipinski definition) is 3. The van der Waals surface area contributed by atoms with Gasteiger partial charge in [0.2, 0.25) is 0 Å². The molecule has 2 aliphatic heterocycles. The summed E-state index contributed by atoms with van der Waals surface area (Å²) in [7, 11) is 0. The lowest BCUT2D eigenvalue weighted by Crippen LogP contribution is -2.18. The number of allylic oxidation sites excluding steroid dienone is 1. The van der Waals surface area contributed by atoms with E-state index >= 15 is 0 Å². The topological polar surface area (TPSA) is 74.8 Å². The molecule has 1 amide bonds. The molecule has 0 aliphatic carbocycles. The van der Waals surface area contributed by atoms with Crippen LogP contribution in [0.15, 0.2) is 57.8 Å². The average Bonchev–Trinajstić information content (AvgIpc) is 3.18. The highest BCUT2D eigenvalue weighted by molar-refractivity contribution is 9.10. The second-order valence-corrected chi connectivity index (χ2v) is 7.11. The van der Waals surface area contributed by atoms with Crippen LogP contribution in [-0.2, 0) is 9.63 Å². The molecule has 2 aromatic rings. The number of benzene rings is 2. The van der Waals surface area contributed by atoms with Gasteiger partial charge in [0.05, 0.1) is 11.3 Å². The molecule has 0 aromatic heterocycles. The summed E-state index contributed by atoms with van der Waals surface area (Å²) in [6.45, 7) is 4.09. The third-order valence-electron chi connectivity index (χ3n) is 4.43. The van der Waals surface area contributed by atoms with Gasteiger partial charge in [0.25, 0.3) is 5.91 Å². The fraction of sp³-hybridized carbons (Fsp3) is 0.200. The van der Waals surface area contributed by atoms with Gasteiger partial charge in [-0.25, -0.2) is 0 Å². The molecule has 27 heavy (non-hydrogen) atoms. The smallest absolute Gasteiger partial charge is 0.258 e. The molecule has 0 atom stereocenters. The Morgan fingerprint density at radius 3 is 2.78 bits per heavy atom. The normalized spacial score (nSPS) is 18.9. The van der Waals surface area contributed by atoms with Gasteiger partial charge in [-0.15, -0.1) is 0 Å². The van der Waals surface area contributed by atoms with Crippen molar-refractivity contribution in [1.29, 1.82) is 0 Å². The van der Waals surface area contributed by atoms with Crippen LogP contribution in [0, 0.1) is 0 Å². The number of anilines is 2. The number of para-hydroxylation sites is 1. The molecule has 0 saturated heterocycles. The number of nitrogens with zero attached hydrogens (tertiary/aromatic N) is 1. The fourth-order valence-corrected chi connectivity index (χ4v) is 3.56. The second kappa shape index (κ2) is 7.54. The maximum Gasteiger partial charge on any atom is 0.258 e. The molecule has 4 rings (SSSR count). The summed E-state index contributed by atoms with van der Waals surface area (Å²) in [4.78, 5) is 18.2. The number of likely N-dealkylation sites (N-methyl/N-ethyl adjacent to an activating group) is 1. The van der Waals surface area contributed by atoms with E-state index in [0.29, 0.717) is 30.1 Å². The van der Waals surface area contributed by atoms with E-state index in [0.717, 1.165) is 33.5 Å². The fourth-order valence-electron chi connectivity index (χ4n) is 3.20. The zero-order valence-electron chi connectivity index (χ0n) is 14.8. The van der Waals surface area contributed by atoms with Gasteiger partial charge in [0.15, 0.2) is 0 Å². The van der Waals surface area contributed by atoms with Crippen LogP contribution in [-0.4, -0.2) is 31.3 Å². The minimum atomic E-state index is -0.154. The summed E-state index contributed by atoms with van der Waals surface area (Å²) in [5, 5.41) is 13.8. The first-order valence-corrected chi connectivity index (χ1v) is 9.61. The summed E-state index contributed by atoms with van der Waals surface area (Å²) in [6, 6.07) is 13.6. The standard InChI is InChI=1S/C20H19BrN4O2/c1-2-22-9-10-27-25-18-13-5-3-4-6-15(13)23-19(18)17-14-11-12(21)7-8-16(14)24-20(17)26/h3-8,11,22-23H,2,9-10H2,1H3,(H,24,26)/b19-17-,25-18+. The van der Waals surface area contributed by atoms with Gasteiger partial charge in [0.1, 0.15) is 12.3 Å². The van der Waals surface area contributed by atoms with Crippen LogP contribution in [0.2, 0.25) is 0 Å². The molecule has 0 saturated carbocycles. The van der Waals surface area contributed by atoms with Crippen LogP contribution < -0.4 is 16.0 Å². The van der Waals surface area contributed by atoms with Crippen LogP contribution >= 0.6 is 15.9 Å². The van der Waals surface area contributed by atoms with Crippen LogP contribution in [0.3, 0.4) is 0 Å². The maximum atomic E-state index is 12.7. The molecular weight excluding hydrogens is 408 g/mol. The predicted molar refractivity (Wildman–Crippen MR) is 111 cm³/mol. The first-order valence-electron chi connectivity index (χ1n) is 8.82. The average molecular weight is 427 g/mol. The van der Waals surface area contributed by atoms with Crippen LogP contribution in [0.5, 0.6) is 0 Å². The molecule has 0 bridgehead atoms. The van der Waals surface area contributed by atoms with Crippen molar-refractivity contribution in [2.45, 2.75) is 6.92 Å². The van der Waals surface area contributed by atoms with Gasteiger partial charge < -0.3 is 20.8 Å². The highest BCUT2D eigenvalue weighted by Crippen LogP contribution is 2.40. The van der Waals surface area contributed by atoms with Crippen molar-refractivity contribution in [3.63, 3.8) is 0 Å². The van der Waals surface area contributed by atoms with Crippen molar-refractivity contribution in [1.82, 2.24) is 5.32 Å². The Hall–Kier alpha value is -2.64. The van der Waals surface area contributed by atoms with E-state index in [4.69, 9.17) is 4.84 Å². The van der Waals surface area contributed by atoms with Crippen LogP contribution in [0.1, 0.15) is 18.1 Å². The molecule has 3 N–H and O–H groups in total. The second-order valence-electron chi connectivity index (χ2n) is 6.19. The number of amides is 1. The highest BCUT2D eigenvalue weighted by atomic mass is 79.9. The van der Waals surface area contributed by atoms with Crippen LogP contribution in [0.4, 0.5) is 11.4 Å². The van der Waals surface area contributed by atoms with Crippen LogP contribution in [0.25, 0.3) is 5.57 Å². The first-order chi connectivity index (χ1) is 13.2. The Balaban J connectivity index is 1.77. The molecule has 0 fully saturated rings. The molecule has 0 unspecified atom stereocenters. The lowest BCUT2D eigenvalue weighted by molar-refractivity contribution is -0.110. The summed E-state index contributed by atoms with van der Waals surface area (Å²) >= 11 is 3.49. The van der Waals surface area contributed by atoms with E-state index in [9.17, 15) is 4.79 Å². The molecule has 7 heteroatoms. The van der Waals surface area contributed by atoms with Gasteiger partial charge in [0, 0.05) is 33.5 Å². The number of carbonyl (C=O) groups excluding carboxylic acids is 1. The summed E-state index contributed by atoms with van der Waals surface area (Å²) < 4.78 is 0.909. The largest absolute Gasteiger partial charge is 0.394 e. The molecule has 0 spiro atoms. The molecule has 138 valence electrons. The predicted octanol–water partition coefficient (Wildman–Crippen LogP) is 3.57. The van der Waals surface area contributed by atoms with Crippen molar-refractivity contribution in [2.24, 2.45) is 5.16 Å². The molecule has 2 aliphatic rings.